The second kappa shape index (κ2) is 11.0. The van der Waals surface area contributed by atoms with E-state index in [1.54, 1.807) is 11.7 Å². The summed E-state index contributed by atoms with van der Waals surface area (Å²) in [5.74, 6) is 0.393. The minimum atomic E-state index is -0.743. The van der Waals surface area contributed by atoms with E-state index in [0.717, 1.165) is 62.3 Å². The molecule has 12 heteroatoms. The van der Waals surface area contributed by atoms with E-state index in [-0.39, 0.29) is 30.2 Å². The lowest BCUT2D eigenvalue weighted by molar-refractivity contribution is -0.138. The monoisotopic (exact) mass is 526 g/mol. The number of aryl methyl sites for hydroxylation is 2. The summed E-state index contributed by atoms with van der Waals surface area (Å²) in [5.41, 5.74) is 4.07. The maximum Gasteiger partial charge on any atom is 0.321 e. The van der Waals surface area contributed by atoms with Crippen molar-refractivity contribution in [2.24, 2.45) is 13.0 Å². The molecule has 1 aliphatic heterocycles. The molecule has 1 N–H and O–H groups in total. The van der Waals surface area contributed by atoms with Crippen LogP contribution in [0.25, 0.3) is 11.4 Å². The number of carbonyl (C=O) groups is 1. The highest BCUT2D eigenvalue weighted by molar-refractivity contribution is 6.28. The van der Waals surface area contributed by atoms with E-state index in [1.165, 1.54) is 6.42 Å². The fourth-order valence-corrected chi connectivity index (χ4v) is 5.16. The second-order valence-corrected chi connectivity index (χ2v) is 10.1. The Morgan fingerprint density at radius 2 is 2.00 bits per heavy atom. The van der Waals surface area contributed by atoms with Gasteiger partial charge in [0.1, 0.15) is 23.8 Å². The predicted octanol–water partition coefficient (Wildman–Crippen LogP) is 3.82. The molecule has 3 aromatic heterocycles. The molecule has 1 aliphatic carbocycles. The zero-order chi connectivity index (χ0) is 25.9. The number of aliphatic carboxylic acids is 1. The Hall–Kier alpha value is -3.34. The molecule has 1 atom stereocenters. The van der Waals surface area contributed by atoms with Crippen LogP contribution >= 0.6 is 11.6 Å². The van der Waals surface area contributed by atoms with E-state index in [2.05, 4.69) is 43.2 Å². The maximum atomic E-state index is 11.2. The van der Waals surface area contributed by atoms with Gasteiger partial charge < -0.3 is 14.7 Å². The molecule has 1 saturated heterocycles. The van der Waals surface area contributed by atoms with Gasteiger partial charge in [-0.2, -0.15) is 9.97 Å². The first-order chi connectivity index (χ1) is 17.9. The number of pyridine rings is 1. The molecule has 0 amide bonds. The van der Waals surface area contributed by atoms with Gasteiger partial charge in [-0.05, 0) is 61.8 Å². The van der Waals surface area contributed by atoms with Crippen molar-refractivity contribution in [3.8, 4) is 17.4 Å². The summed E-state index contributed by atoms with van der Waals surface area (Å²) < 4.78 is 7.58. The van der Waals surface area contributed by atoms with Crippen molar-refractivity contribution in [2.75, 3.05) is 18.0 Å². The van der Waals surface area contributed by atoms with E-state index in [4.69, 9.17) is 21.3 Å². The van der Waals surface area contributed by atoms with Crippen LogP contribution < -0.4 is 9.64 Å². The van der Waals surface area contributed by atoms with E-state index in [0.29, 0.717) is 23.1 Å². The summed E-state index contributed by atoms with van der Waals surface area (Å²) in [7, 11) is 1.81. The molecule has 37 heavy (non-hydrogen) atoms. The van der Waals surface area contributed by atoms with Crippen molar-refractivity contribution in [3.63, 3.8) is 0 Å². The van der Waals surface area contributed by atoms with Crippen LogP contribution in [0.2, 0.25) is 5.28 Å². The predicted molar refractivity (Wildman–Crippen MR) is 137 cm³/mol. The third-order valence-corrected chi connectivity index (χ3v) is 7.38. The van der Waals surface area contributed by atoms with Crippen molar-refractivity contribution in [3.05, 3.63) is 34.6 Å². The van der Waals surface area contributed by atoms with Gasteiger partial charge in [0.15, 0.2) is 0 Å². The van der Waals surface area contributed by atoms with Crippen molar-refractivity contribution in [1.82, 2.24) is 34.9 Å². The number of aromatic nitrogens is 7. The summed E-state index contributed by atoms with van der Waals surface area (Å²) >= 11 is 6.12. The van der Waals surface area contributed by atoms with E-state index in [1.807, 2.05) is 6.07 Å². The minimum Gasteiger partial charge on any atom is -0.481 e. The summed E-state index contributed by atoms with van der Waals surface area (Å²) in [6.07, 6.45) is 6.11. The topological polar surface area (TPSA) is 132 Å². The van der Waals surface area contributed by atoms with Gasteiger partial charge in [-0.25, -0.2) is 14.6 Å². The van der Waals surface area contributed by atoms with Crippen molar-refractivity contribution in [2.45, 2.75) is 64.4 Å². The Morgan fingerprint density at radius 3 is 2.73 bits per heavy atom. The van der Waals surface area contributed by atoms with Gasteiger partial charge in [-0.3, -0.25) is 4.79 Å². The zero-order valence-electron chi connectivity index (χ0n) is 21.1. The van der Waals surface area contributed by atoms with Crippen LogP contribution in [0.4, 0.5) is 5.69 Å². The van der Waals surface area contributed by atoms with Crippen LogP contribution in [0.1, 0.15) is 68.6 Å². The molecule has 2 fully saturated rings. The quantitative estimate of drug-likeness (QED) is 0.438. The number of halogens is 1. The number of carboxylic acid groups (broad SMARTS) is 1. The minimum absolute atomic E-state index is 0.128. The van der Waals surface area contributed by atoms with Gasteiger partial charge in [-0.1, -0.05) is 18.6 Å². The number of ether oxygens (including phenoxy) is 1. The van der Waals surface area contributed by atoms with Gasteiger partial charge >= 0.3 is 12.0 Å². The summed E-state index contributed by atoms with van der Waals surface area (Å²) in [5, 5.41) is 17.9. The Bertz CT molecular complexity index is 1280. The van der Waals surface area contributed by atoms with Crippen LogP contribution in [-0.2, 0) is 24.9 Å². The molecule has 1 saturated carbocycles. The molecular formula is C25H31ClN8O3. The van der Waals surface area contributed by atoms with Crippen LogP contribution in [0.3, 0.4) is 0 Å². The highest BCUT2D eigenvalue weighted by Gasteiger charge is 2.26. The van der Waals surface area contributed by atoms with E-state index >= 15 is 0 Å². The third kappa shape index (κ3) is 5.66. The molecule has 0 aromatic carbocycles. The first kappa shape index (κ1) is 25.3. The number of hydrogen-bond acceptors (Lipinski definition) is 9. The molecule has 3 aromatic rings. The summed E-state index contributed by atoms with van der Waals surface area (Å²) in [4.78, 5) is 31.3. The second-order valence-electron chi connectivity index (χ2n) is 9.74. The molecule has 0 bridgehead atoms. The molecular weight excluding hydrogens is 496 g/mol. The number of carboxylic acids is 1. The van der Waals surface area contributed by atoms with E-state index < -0.39 is 5.97 Å². The van der Waals surface area contributed by atoms with Gasteiger partial charge in [0, 0.05) is 32.5 Å². The largest absolute Gasteiger partial charge is 0.481 e. The molecule has 0 spiro atoms. The van der Waals surface area contributed by atoms with Gasteiger partial charge in [0.25, 0.3) is 0 Å². The standard InChI is InChI=1S/C25H31ClN8O3/c1-3-17-19(34-11-5-6-15(13-34)12-21(35)36)10-9-18(27-17)22-20(33(2)32-31-22)14-37-25-29-23(16-7-4-8-16)28-24(26)30-25/h9-10,15-16H,3-8,11-14H2,1-2H3,(H,35,36). The molecule has 0 radical (unpaired) electrons. The lowest BCUT2D eigenvalue weighted by atomic mass is 9.85. The van der Waals surface area contributed by atoms with Gasteiger partial charge in [0.2, 0.25) is 5.28 Å². The SMILES string of the molecule is CCc1nc(-c2nnn(C)c2COc2nc(Cl)nc(C3CCC3)n2)ccc1N1CCCC(CC(=O)O)C1. The van der Waals surface area contributed by atoms with Crippen molar-refractivity contribution < 1.29 is 14.6 Å². The first-order valence-corrected chi connectivity index (χ1v) is 13.2. The number of anilines is 1. The average Bonchev–Trinajstić information content (AvgIpc) is 3.21. The van der Waals surface area contributed by atoms with Crippen molar-refractivity contribution in [1.29, 1.82) is 0 Å². The number of piperidine rings is 1. The van der Waals surface area contributed by atoms with Crippen molar-refractivity contribution >= 4 is 23.3 Å². The Labute approximate surface area is 220 Å². The Kier molecular flexibility index (Phi) is 7.50. The summed E-state index contributed by atoms with van der Waals surface area (Å²) in [6, 6.07) is 4.19. The fraction of sp³-hybridized carbons (Fsp3) is 0.560. The molecule has 196 valence electrons. The Balaban J connectivity index is 1.35. The van der Waals surface area contributed by atoms with Gasteiger partial charge in [-0.15, -0.1) is 5.10 Å². The van der Waals surface area contributed by atoms with Crippen LogP contribution in [0.5, 0.6) is 6.01 Å². The lowest BCUT2D eigenvalue weighted by Crippen LogP contribution is -2.37. The molecule has 11 nitrogen and oxygen atoms in total. The van der Waals surface area contributed by atoms with Crippen LogP contribution in [-0.4, -0.2) is 59.1 Å². The molecule has 4 heterocycles. The molecule has 2 aliphatic rings. The molecule has 5 rings (SSSR count). The number of rotatable bonds is 9. The highest BCUT2D eigenvalue weighted by Crippen LogP contribution is 2.35. The normalized spacial score (nSPS) is 18.0. The first-order valence-electron chi connectivity index (χ1n) is 12.8. The number of nitrogens with zero attached hydrogens (tertiary/aromatic N) is 8. The van der Waals surface area contributed by atoms with Crippen LogP contribution in [0, 0.1) is 5.92 Å². The maximum absolute atomic E-state index is 11.2. The van der Waals surface area contributed by atoms with Gasteiger partial charge in [0.05, 0.1) is 17.1 Å². The highest BCUT2D eigenvalue weighted by atomic mass is 35.5. The number of hydrogen-bond donors (Lipinski definition) is 1. The van der Waals surface area contributed by atoms with Crippen LogP contribution in [0.15, 0.2) is 12.1 Å². The Morgan fingerprint density at radius 1 is 1.16 bits per heavy atom. The zero-order valence-corrected chi connectivity index (χ0v) is 21.9. The summed E-state index contributed by atoms with van der Waals surface area (Å²) in [6.45, 7) is 3.84. The van der Waals surface area contributed by atoms with E-state index in [9.17, 15) is 9.90 Å². The third-order valence-electron chi connectivity index (χ3n) is 7.21. The molecule has 1 unspecified atom stereocenters. The lowest BCUT2D eigenvalue weighted by Gasteiger charge is -2.34. The smallest absolute Gasteiger partial charge is 0.321 e. The average molecular weight is 527 g/mol. The fourth-order valence-electron chi connectivity index (χ4n) is 5.00.